The smallest absolute Gasteiger partial charge is 0.0178 e. The zero-order chi connectivity index (χ0) is 13.9. The van der Waals surface area contributed by atoms with Gasteiger partial charge in [-0.15, -0.1) is 0 Å². The van der Waals surface area contributed by atoms with Crippen molar-refractivity contribution in [3.8, 4) is 0 Å². The fourth-order valence-corrected chi connectivity index (χ4v) is 3.69. The minimum atomic E-state index is 0.733. The van der Waals surface area contributed by atoms with Crippen LogP contribution in [0.15, 0.2) is 28.7 Å². The fraction of sp³-hybridized carbons (Fsp3) is 0.647. The fourth-order valence-electron chi connectivity index (χ4n) is 3.27. The highest BCUT2D eigenvalue weighted by atomic mass is 79.9. The third-order valence-electron chi connectivity index (χ3n) is 4.76. The number of halogens is 1. The summed E-state index contributed by atoms with van der Waals surface area (Å²) in [5, 5.41) is 3.73. The molecule has 2 saturated carbocycles. The second-order valence-corrected chi connectivity index (χ2v) is 7.15. The van der Waals surface area contributed by atoms with E-state index in [1.165, 1.54) is 48.8 Å². The maximum Gasteiger partial charge on any atom is 0.0178 e. The first-order chi connectivity index (χ1) is 9.76. The van der Waals surface area contributed by atoms with Gasteiger partial charge in [-0.2, -0.15) is 0 Å². The van der Waals surface area contributed by atoms with Crippen molar-refractivity contribution in [1.82, 2.24) is 10.2 Å². The molecule has 2 fully saturated rings. The van der Waals surface area contributed by atoms with E-state index in [1.807, 2.05) is 0 Å². The number of hydrogen-bond donors (Lipinski definition) is 1. The Balaban J connectivity index is 1.36. The lowest BCUT2D eigenvalue weighted by Crippen LogP contribution is -2.43. The Morgan fingerprint density at radius 3 is 2.75 bits per heavy atom. The van der Waals surface area contributed by atoms with E-state index in [4.69, 9.17) is 0 Å². The Morgan fingerprint density at radius 2 is 2.10 bits per heavy atom. The summed E-state index contributed by atoms with van der Waals surface area (Å²) < 4.78 is 1.20. The van der Waals surface area contributed by atoms with Crippen LogP contribution >= 0.6 is 15.9 Å². The second-order valence-electron chi connectivity index (χ2n) is 6.23. The maximum absolute atomic E-state index is 3.73. The van der Waals surface area contributed by atoms with Gasteiger partial charge in [0.1, 0.15) is 0 Å². The van der Waals surface area contributed by atoms with E-state index >= 15 is 0 Å². The van der Waals surface area contributed by atoms with Gasteiger partial charge in [-0.1, -0.05) is 35.0 Å². The molecule has 2 nitrogen and oxygen atoms in total. The number of rotatable bonds is 7. The molecule has 1 aromatic carbocycles. The SMILES string of the molecule is CCN(CCNC1CC(c2cccc(Br)c2)C1)C1CC1. The van der Waals surface area contributed by atoms with E-state index in [9.17, 15) is 0 Å². The van der Waals surface area contributed by atoms with Crippen LogP contribution in [0, 0.1) is 0 Å². The lowest BCUT2D eigenvalue weighted by molar-refractivity contribution is 0.244. The molecule has 2 aliphatic rings. The predicted molar refractivity (Wildman–Crippen MR) is 88.2 cm³/mol. The molecule has 0 saturated heterocycles. The summed E-state index contributed by atoms with van der Waals surface area (Å²) in [6.07, 6.45) is 5.43. The van der Waals surface area contributed by atoms with Crippen LogP contribution in [0.2, 0.25) is 0 Å². The highest BCUT2D eigenvalue weighted by molar-refractivity contribution is 9.10. The molecular weight excluding hydrogens is 312 g/mol. The summed E-state index contributed by atoms with van der Waals surface area (Å²) in [6.45, 7) is 5.86. The third-order valence-corrected chi connectivity index (χ3v) is 5.25. The minimum absolute atomic E-state index is 0.733. The molecule has 0 heterocycles. The van der Waals surface area contributed by atoms with Crippen LogP contribution in [0.5, 0.6) is 0 Å². The standard InChI is InChI=1S/C17H25BrN2/c1-2-20(17-6-7-17)9-8-19-16-11-14(12-16)13-4-3-5-15(18)10-13/h3-5,10,14,16-17,19H,2,6-9,11-12H2,1H3. The minimum Gasteiger partial charge on any atom is -0.313 e. The summed E-state index contributed by atoms with van der Waals surface area (Å²) in [7, 11) is 0. The molecule has 0 aliphatic heterocycles. The number of nitrogens with zero attached hydrogens (tertiary/aromatic N) is 1. The van der Waals surface area contributed by atoms with Crippen LogP contribution < -0.4 is 5.32 Å². The van der Waals surface area contributed by atoms with Crippen molar-refractivity contribution < 1.29 is 0 Å². The van der Waals surface area contributed by atoms with Gasteiger partial charge in [0.15, 0.2) is 0 Å². The Morgan fingerprint density at radius 1 is 1.30 bits per heavy atom. The Labute approximate surface area is 131 Å². The highest BCUT2D eigenvalue weighted by Crippen LogP contribution is 2.37. The quantitative estimate of drug-likeness (QED) is 0.815. The van der Waals surface area contributed by atoms with Crippen LogP contribution in [-0.4, -0.2) is 36.6 Å². The molecule has 3 rings (SSSR count). The normalized spacial score (nSPS) is 25.8. The van der Waals surface area contributed by atoms with Gasteiger partial charge >= 0.3 is 0 Å². The monoisotopic (exact) mass is 336 g/mol. The number of nitrogens with one attached hydrogen (secondary N) is 1. The molecule has 3 heteroatoms. The van der Waals surface area contributed by atoms with E-state index in [1.54, 1.807) is 0 Å². The first-order valence-electron chi connectivity index (χ1n) is 7.99. The molecule has 2 aliphatic carbocycles. The van der Waals surface area contributed by atoms with Crippen LogP contribution in [-0.2, 0) is 0 Å². The summed E-state index contributed by atoms with van der Waals surface area (Å²) >= 11 is 3.56. The molecule has 0 atom stereocenters. The molecule has 0 amide bonds. The van der Waals surface area contributed by atoms with Gasteiger partial charge in [-0.25, -0.2) is 0 Å². The lowest BCUT2D eigenvalue weighted by Gasteiger charge is -2.37. The summed E-state index contributed by atoms with van der Waals surface area (Å²) in [5.74, 6) is 0.760. The van der Waals surface area contributed by atoms with Crippen LogP contribution in [0.4, 0.5) is 0 Å². The zero-order valence-electron chi connectivity index (χ0n) is 12.3. The van der Waals surface area contributed by atoms with Crippen LogP contribution in [0.3, 0.4) is 0 Å². The Bertz CT molecular complexity index is 438. The molecule has 110 valence electrons. The van der Waals surface area contributed by atoms with E-state index in [2.05, 4.69) is 57.3 Å². The van der Waals surface area contributed by atoms with Gasteiger partial charge in [-0.3, -0.25) is 4.90 Å². The molecule has 0 spiro atoms. The molecule has 0 unspecified atom stereocenters. The van der Waals surface area contributed by atoms with Crippen molar-refractivity contribution >= 4 is 15.9 Å². The summed E-state index contributed by atoms with van der Waals surface area (Å²) in [4.78, 5) is 2.62. The van der Waals surface area contributed by atoms with Gasteiger partial charge in [-0.05, 0) is 55.8 Å². The molecule has 0 aromatic heterocycles. The van der Waals surface area contributed by atoms with Gasteiger partial charge < -0.3 is 5.32 Å². The van der Waals surface area contributed by atoms with Crippen molar-refractivity contribution in [3.05, 3.63) is 34.3 Å². The molecule has 0 radical (unpaired) electrons. The van der Waals surface area contributed by atoms with E-state index in [0.29, 0.717) is 0 Å². The molecular formula is C17H25BrN2. The highest BCUT2D eigenvalue weighted by Gasteiger charge is 2.31. The topological polar surface area (TPSA) is 15.3 Å². The molecule has 1 N–H and O–H groups in total. The van der Waals surface area contributed by atoms with Crippen molar-refractivity contribution in [2.45, 2.75) is 50.6 Å². The van der Waals surface area contributed by atoms with Crippen LogP contribution in [0.25, 0.3) is 0 Å². The summed E-state index contributed by atoms with van der Waals surface area (Å²) in [6, 6.07) is 10.4. The lowest BCUT2D eigenvalue weighted by atomic mass is 9.76. The average Bonchev–Trinajstić information content (AvgIpc) is 3.21. The average molecular weight is 337 g/mol. The van der Waals surface area contributed by atoms with Crippen molar-refractivity contribution in [2.75, 3.05) is 19.6 Å². The van der Waals surface area contributed by atoms with Gasteiger partial charge in [0.2, 0.25) is 0 Å². The van der Waals surface area contributed by atoms with Gasteiger partial charge in [0.05, 0.1) is 0 Å². The number of likely N-dealkylation sites (N-methyl/N-ethyl adjacent to an activating group) is 1. The van der Waals surface area contributed by atoms with Crippen molar-refractivity contribution in [3.63, 3.8) is 0 Å². The predicted octanol–water partition coefficient (Wildman–Crippen LogP) is 3.77. The van der Waals surface area contributed by atoms with Gasteiger partial charge in [0.25, 0.3) is 0 Å². The Hall–Kier alpha value is -0.380. The third kappa shape index (κ3) is 3.63. The number of benzene rings is 1. The molecule has 0 bridgehead atoms. The Kier molecular flexibility index (Phi) is 4.79. The second kappa shape index (κ2) is 6.59. The first-order valence-corrected chi connectivity index (χ1v) is 8.78. The van der Waals surface area contributed by atoms with E-state index < -0.39 is 0 Å². The first kappa shape index (κ1) is 14.6. The van der Waals surface area contributed by atoms with E-state index in [-0.39, 0.29) is 0 Å². The molecule has 1 aromatic rings. The summed E-state index contributed by atoms with van der Waals surface area (Å²) in [5.41, 5.74) is 1.49. The number of hydrogen-bond acceptors (Lipinski definition) is 2. The largest absolute Gasteiger partial charge is 0.313 e. The van der Waals surface area contributed by atoms with E-state index in [0.717, 1.165) is 24.5 Å². The van der Waals surface area contributed by atoms with Crippen LogP contribution in [0.1, 0.15) is 44.1 Å². The maximum atomic E-state index is 3.73. The van der Waals surface area contributed by atoms with Crippen molar-refractivity contribution in [2.24, 2.45) is 0 Å². The molecule has 20 heavy (non-hydrogen) atoms. The van der Waals surface area contributed by atoms with Gasteiger partial charge in [0, 0.05) is 29.6 Å². The zero-order valence-corrected chi connectivity index (χ0v) is 13.9. The van der Waals surface area contributed by atoms with Crippen molar-refractivity contribution in [1.29, 1.82) is 0 Å².